The van der Waals surface area contributed by atoms with Gasteiger partial charge in [-0.2, -0.15) is 0 Å². The highest BCUT2D eigenvalue weighted by atomic mass is 32.1. The van der Waals surface area contributed by atoms with E-state index in [9.17, 15) is 14.0 Å². The molecule has 2 N–H and O–H groups in total. The molecule has 0 atom stereocenters. The minimum Gasteiger partial charge on any atom is -0.273 e. The third-order valence-electron chi connectivity index (χ3n) is 2.93. The number of hydrogen-bond donors (Lipinski definition) is 2. The van der Waals surface area contributed by atoms with Crippen molar-refractivity contribution in [1.82, 2.24) is 10.9 Å². The number of carbonyl (C=O) groups is 2. The fraction of sp³-hybridized carbons (Fsp3) is 0.250. The van der Waals surface area contributed by atoms with Gasteiger partial charge in [-0.05, 0) is 29.8 Å². The monoisotopic (exact) mass is 320 g/mol. The summed E-state index contributed by atoms with van der Waals surface area (Å²) >= 11 is 1.27. The largest absolute Gasteiger partial charge is 0.279 e. The molecule has 116 valence electrons. The zero-order valence-electron chi connectivity index (χ0n) is 12.6. The third-order valence-corrected chi connectivity index (χ3v) is 4.06. The summed E-state index contributed by atoms with van der Waals surface area (Å²) in [5.41, 5.74) is 5.04. The average Bonchev–Trinajstić information content (AvgIpc) is 2.94. The number of benzene rings is 1. The number of amides is 2. The maximum atomic E-state index is 12.9. The number of thiophene rings is 1. The summed E-state index contributed by atoms with van der Waals surface area (Å²) in [6.45, 7) is 5.27. The first-order chi connectivity index (χ1) is 10.3. The number of nitrogens with one attached hydrogen (secondary N) is 2. The van der Waals surface area contributed by atoms with Gasteiger partial charge < -0.3 is 0 Å². The summed E-state index contributed by atoms with van der Waals surface area (Å²) in [6, 6.07) is 9.52. The zero-order chi connectivity index (χ0) is 16.3. The average molecular weight is 320 g/mol. The van der Waals surface area contributed by atoms with Gasteiger partial charge in [0.25, 0.3) is 5.91 Å². The van der Waals surface area contributed by atoms with Crippen LogP contribution in [0.1, 0.15) is 30.4 Å². The molecule has 2 amide bonds. The molecule has 0 aliphatic carbocycles. The van der Waals surface area contributed by atoms with Crippen LogP contribution in [0.25, 0.3) is 10.4 Å². The van der Waals surface area contributed by atoms with Crippen LogP contribution in [0.4, 0.5) is 4.39 Å². The second-order valence-electron chi connectivity index (χ2n) is 5.83. The van der Waals surface area contributed by atoms with Crippen LogP contribution in [0.3, 0.4) is 0 Å². The lowest BCUT2D eigenvalue weighted by Crippen LogP contribution is -2.46. The maximum Gasteiger partial charge on any atom is 0.279 e. The zero-order valence-corrected chi connectivity index (χ0v) is 13.4. The molecule has 1 aromatic heterocycles. The molecule has 0 saturated carbocycles. The molecule has 0 saturated heterocycles. The van der Waals surface area contributed by atoms with Crippen molar-refractivity contribution in [3.05, 3.63) is 47.1 Å². The number of hydrogen-bond acceptors (Lipinski definition) is 3. The number of hydrazine groups is 1. The Morgan fingerprint density at radius 2 is 1.64 bits per heavy atom. The highest BCUT2D eigenvalue weighted by molar-refractivity contribution is 7.17. The number of carbonyl (C=O) groups excluding carboxylic acids is 2. The van der Waals surface area contributed by atoms with Crippen LogP contribution >= 0.6 is 11.3 Å². The minimum absolute atomic E-state index is 0.267. The molecule has 1 heterocycles. The minimum atomic E-state index is -0.581. The Bertz CT molecular complexity index is 687. The standard InChI is InChI=1S/C16H17FN2O2S/c1-16(2,3)15(21)19-18-14(20)13-9-8-12(22-13)10-4-6-11(17)7-5-10/h4-9H,1-3H3,(H,18,20)(H,19,21). The first kappa shape index (κ1) is 16.2. The van der Waals surface area contributed by atoms with E-state index in [0.29, 0.717) is 4.88 Å². The van der Waals surface area contributed by atoms with Crippen molar-refractivity contribution in [3.63, 3.8) is 0 Å². The van der Waals surface area contributed by atoms with E-state index in [2.05, 4.69) is 10.9 Å². The molecule has 0 radical (unpaired) electrons. The molecular formula is C16H17FN2O2S. The van der Waals surface area contributed by atoms with Gasteiger partial charge in [-0.25, -0.2) is 4.39 Å². The summed E-state index contributed by atoms with van der Waals surface area (Å²) in [5, 5.41) is 0. The molecule has 0 fully saturated rings. The van der Waals surface area contributed by atoms with Crippen molar-refractivity contribution in [2.45, 2.75) is 20.8 Å². The molecule has 1 aromatic carbocycles. The van der Waals surface area contributed by atoms with Crippen molar-refractivity contribution in [2.75, 3.05) is 0 Å². The second kappa shape index (κ2) is 6.27. The van der Waals surface area contributed by atoms with Gasteiger partial charge in [0.1, 0.15) is 5.82 Å². The van der Waals surface area contributed by atoms with Crippen LogP contribution in [0.15, 0.2) is 36.4 Å². The van der Waals surface area contributed by atoms with Crippen LogP contribution in [-0.4, -0.2) is 11.8 Å². The van der Waals surface area contributed by atoms with E-state index in [-0.39, 0.29) is 17.6 Å². The van der Waals surface area contributed by atoms with Gasteiger partial charge in [0.15, 0.2) is 0 Å². The lowest BCUT2D eigenvalue weighted by Gasteiger charge is -2.17. The van der Waals surface area contributed by atoms with Crippen LogP contribution in [0.5, 0.6) is 0 Å². The molecule has 0 aliphatic heterocycles. The van der Waals surface area contributed by atoms with Crippen molar-refractivity contribution < 1.29 is 14.0 Å². The fourth-order valence-corrected chi connectivity index (χ4v) is 2.50. The van der Waals surface area contributed by atoms with E-state index in [4.69, 9.17) is 0 Å². The molecule has 0 bridgehead atoms. The Labute approximate surface area is 132 Å². The lowest BCUT2D eigenvalue weighted by molar-refractivity contribution is -0.129. The maximum absolute atomic E-state index is 12.9. The van der Waals surface area contributed by atoms with E-state index < -0.39 is 5.41 Å². The Morgan fingerprint density at radius 1 is 1.00 bits per heavy atom. The molecule has 4 nitrogen and oxygen atoms in total. The van der Waals surface area contributed by atoms with Gasteiger partial charge in [-0.3, -0.25) is 20.4 Å². The molecule has 0 unspecified atom stereocenters. The first-order valence-electron chi connectivity index (χ1n) is 6.74. The number of rotatable bonds is 2. The van der Waals surface area contributed by atoms with Gasteiger partial charge in [-0.15, -0.1) is 11.3 Å². The van der Waals surface area contributed by atoms with Crippen LogP contribution in [-0.2, 0) is 4.79 Å². The lowest BCUT2D eigenvalue weighted by atomic mass is 9.96. The van der Waals surface area contributed by atoms with Gasteiger partial charge in [-0.1, -0.05) is 32.9 Å². The molecule has 0 spiro atoms. The first-order valence-corrected chi connectivity index (χ1v) is 7.55. The molecule has 0 aliphatic rings. The predicted molar refractivity (Wildman–Crippen MR) is 84.8 cm³/mol. The topological polar surface area (TPSA) is 58.2 Å². The fourth-order valence-electron chi connectivity index (χ4n) is 1.59. The Kier molecular flexibility index (Phi) is 4.61. The van der Waals surface area contributed by atoms with Crippen LogP contribution in [0, 0.1) is 11.2 Å². The van der Waals surface area contributed by atoms with E-state index in [1.54, 1.807) is 45.0 Å². The van der Waals surface area contributed by atoms with Crippen LogP contribution in [0.2, 0.25) is 0 Å². The van der Waals surface area contributed by atoms with E-state index in [1.165, 1.54) is 23.5 Å². The van der Waals surface area contributed by atoms with Gasteiger partial charge in [0.05, 0.1) is 4.88 Å². The van der Waals surface area contributed by atoms with Gasteiger partial charge in [0.2, 0.25) is 5.91 Å². The SMILES string of the molecule is CC(C)(C)C(=O)NNC(=O)c1ccc(-c2ccc(F)cc2)s1. The van der Waals surface area contributed by atoms with Crippen molar-refractivity contribution >= 4 is 23.2 Å². The summed E-state index contributed by atoms with van der Waals surface area (Å²) in [5.74, 6) is -0.949. The summed E-state index contributed by atoms with van der Waals surface area (Å²) in [6.07, 6.45) is 0. The molecule has 2 rings (SSSR count). The second-order valence-corrected chi connectivity index (χ2v) is 6.91. The van der Waals surface area contributed by atoms with E-state index in [1.807, 2.05) is 0 Å². The molecule has 6 heteroatoms. The van der Waals surface area contributed by atoms with Crippen molar-refractivity contribution in [1.29, 1.82) is 0 Å². The van der Waals surface area contributed by atoms with Crippen LogP contribution < -0.4 is 10.9 Å². The van der Waals surface area contributed by atoms with Crippen molar-refractivity contribution in [2.24, 2.45) is 5.41 Å². The smallest absolute Gasteiger partial charge is 0.273 e. The quantitative estimate of drug-likeness (QED) is 0.834. The van der Waals surface area contributed by atoms with E-state index in [0.717, 1.165) is 10.4 Å². The summed E-state index contributed by atoms with van der Waals surface area (Å²) in [4.78, 5) is 25.0. The molecule has 22 heavy (non-hydrogen) atoms. The summed E-state index contributed by atoms with van der Waals surface area (Å²) < 4.78 is 12.9. The Hall–Kier alpha value is -2.21. The van der Waals surface area contributed by atoms with Gasteiger partial charge in [0, 0.05) is 10.3 Å². The van der Waals surface area contributed by atoms with Gasteiger partial charge >= 0.3 is 0 Å². The number of halogens is 1. The normalized spacial score (nSPS) is 11.1. The molecule has 2 aromatic rings. The highest BCUT2D eigenvalue weighted by Crippen LogP contribution is 2.28. The third kappa shape index (κ3) is 3.92. The highest BCUT2D eigenvalue weighted by Gasteiger charge is 2.21. The predicted octanol–water partition coefficient (Wildman–Crippen LogP) is 3.36. The van der Waals surface area contributed by atoms with E-state index >= 15 is 0 Å². The Morgan fingerprint density at radius 3 is 2.23 bits per heavy atom. The molecular weight excluding hydrogens is 303 g/mol. The van der Waals surface area contributed by atoms with Crippen molar-refractivity contribution in [3.8, 4) is 10.4 Å². The summed E-state index contributed by atoms with van der Waals surface area (Å²) in [7, 11) is 0. The Balaban J connectivity index is 2.03.